The Bertz CT molecular complexity index is 170. The molecule has 2 heteroatoms. The summed E-state index contributed by atoms with van der Waals surface area (Å²) in [7, 11) is 0. The van der Waals surface area contributed by atoms with Crippen LogP contribution in [0.4, 0.5) is 0 Å². The van der Waals surface area contributed by atoms with Crippen molar-refractivity contribution in [1.82, 2.24) is 10.2 Å². The normalized spacial score (nSPS) is 29.6. The molecule has 1 N–H and O–H groups in total. The van der Waals surface area contributed by atoms with Gasteiger partial charge in [-0.1, -0.05) is 13.8 Å². The Labute approximate surface area is 95.4 Å². The first-order chi connectivity index (χ1) is 7.19. The van der Waals surface area contributed by atoms with Crippen molar-refractivity contribution in [3.05, 3.63) is 0 Å². The average Bonchev–Trinajstić information content (AvgIpc) is 2.57. The lowest BCUT2D eigenvalue weighted by atomic mass is 10.1. The molecule has 1 fully saturated rings. The molecule has 0 aromatic heterocycles. The van der Waals surface area contributed by atoms with Gasteiger partial charge in [0.05, 0.1) is 0 Å². The Kier molecular flexibility index (Phi) is 5.62. The molecule has 1 saturated heterocycles. The van der Waals surface area contributed by atoms with Crippen LogP contribution in [0.25, 0.3) is 0 Å². The first-order valence-corrected chi connectivity index (χ1v) is 6.68. The third-order valence-electron chi connectivity index (χ3n) is 3.65. The molecular formula is C13H28N2. The molecule has 1 heterocycles. The van der Waals surface area contributed by atoms with E-state index in [9.17, 15) is 0 Å². The highest BCUT2D eigenvalue weighted by molar-refractivity contribution is 4.86. The highest BCUT2D eigenvalue weighted by Crippen LogP contribution is 2.25. The number of rotatable bonds is 6. The monoisotopic (exact) mass is 212 g/mol. The molecule has 90 valence electrons. The van der Waals surface area contributed by atoms with Crippen molar-refractivity contribution in [2.24, 2.45) is 0 Å². The molecule has 3 unspecified atom stereocenters. The van der Waals surface area contributed by atoms with E-state index in [2.05, 4.69) is 37.9 Å². The van der Waals surface area contributed by atoms with Crippen LogP contribution < -0.4 is 5.32 Å². The zero-order valence-corrected chi connectivity index (χ0v) is 10.9. The molecule has 0 aromatic rings. The van der Waals surface area contributed by atoms with E-state index in [4.69, 9.17) is 0 Å². The van der Waals surface area contributed by atoms with E-state index in [-0.39, 0.29) is 0 Å². The molecule has 0 saturated carbocycles. The molecule has 0 aromatic carbocycles. The summed E-state index contributed by atoms with van der Waals surface area (Å²) in [5.41, 5.74) is 0. The second-order valence-electron chi connectivity index (χ2n) is 5.04. The summed E-state index contributed by atoms with van der Waals surface area (Å²) in [4.78, 5) is 2.70. The third kappa shape index (κ3) is 3.76. The van der Waals surface area contributed by atoms with Crippen molar-refractivity contribution in [1.29, 1.82) is 0 Å². The second kappa shape index (κ2) is 6.49. The molecule has 3 atom stereocenters. The lowest BCUT2D eigenvalue weighted by Crippen LogP contribution is -2.44. The highest BCUT2D eigenvalue weighted by Gasteiger charge is 2.29. The molecule has 0 aliphatic carbocycles. The van der Waals surface area contributed by atoms with E-state index in [1.807, 2.05) is 0 Å². The van der Waals surface area contributed by atoms with E-state index < -0.39 is 0 Å². The number of hydrogen-bond donors (Lipinski definition) is 1. The van der Waals surface area contributed by atoms with E-state index in [1.165, 1.54) is 32.2 Å². The summed E-state index contributed by atoms with van der Waals surface area (Å²) in [6.45, 7) is 11.6. The van der Waals surface area contributed by atoms with Gasteiger partial charge in [-0.3, -0.25) is 4.90 Å². The maximum Gasteiger partial charge on any atom is 0.0166 e. The molecule has 0 bridgehead atoms. The Morgan fingerprint density at radius 2 is 2.07 bits per heavy atom. The van der Waals surface area contributed by atoms with Gasteiger partial charge in [0.25, 0.3) is 0 Å². The largest absolute Gasteiger partial charge is 0.313 e. The standard InChI is InChI=1S/C13H28N2/c1-5-9-14-11(3)10-15-12(4)7-8-13(15)6-2/h11-14H,5-10H2,1-4H3. The van der Waals surface area contributed by atoms with Crippen LogP contribution in [0.3, 0.4) is 0 Å². The van der Waals surface area contributed by atoms with Crippen LogP contribution >= 0.6 is 0 Å². The summed E-state index contributed by atoms with van der Waals surface area (Å²) < 4.78 is 0. The maximum absolute atomic E-state index is 3.58. The smallest absolute Gasteiger partial charge is 0.0166 e. The summed E-state index contributed by atoms with van der Waals surface area (Å²) >= 11 is 0. The highest BCUT2D eigenvalue weighted by atomic mass is 15.2. The van der Waals surface area contributed by atoms with Gasteiger partial charge in [0, 0.05) is 24.7 Å². The van der Waals surface area contributed by atoms with Gasteiger partial charge < -0.3 is 5.32 Å². The van der Waals surface area contributed by atoms with Crippen LogP contribution in [0, 0.1) is 0 Å². The fraction of sp³-hybridized carbons (Fsp3) is 1.00. The van der Waals surface area contributed by atoms with Crippen molar-refractivity contribution in [2.75, 3.05) is 13.1 Å². The van der Waals surface area contributed by atoms with Crippen molar-refractivity contribution in [2.45, 2.75) is 71.5 Å². The van der Waals surface area contributed by atoms with E-state index in [0.717, 1.165) is 18.6 Å². The van der Waals surface area contributed by atoms with Crippen LogP contribution in [0.1, 0.15) is 53.4 Å². The average molecular weight is 212 g/mol. The molecule has 15 heavy (non-hydrogen) atoms. The SMILES string of the molecule is CCCNC(C)CN1C(C)CCC1CC. The molecule has 1 rings (SSSR count). The third-order valence-corrected chi connectivity index (χ3v) is 3.65. The van der Waals surface area contributed by atoms with Crippen molar-refractivity contribution >= 4 is 0 Å². The summed E-state index contributed by atoms with van der Waals surface area (Å²) in [5.74, 6) is 0. The number of hydrogen-bond acceptors (Lipinski definition) is 2. The lowest BCUT2D eigenvalue weighted by molar-refractivity contribution is 0.180. The number of nitrogens with one attached hydrogen (secondary N) is 1. The van der Waals surface area contributed by atoms with Gasteiger partial charge in [0.1, 0.15) is 0 Å². The van der Waals surface area contributed by atoms with E-state index in [0.29, 0.717) is 6.04 Å². The zero-order valence-electron chi connectivity index (χ0n) is 10.9. The lowest BCUT2D eigenvalue weighted by Gasteiger charge is -2.30. The Hall–Kier alpha value is -0.0800. The minimum absolute atomic E-state index is 0.638. The number of nitrogens with zero attached hydrogens (tertiary/aromatic N) is 1. The van der Waals surface area contributed by atoms with Gasteiger partial charge in [0.15, 0.2) is 0 Å². The molecule has 2 nitrogen and oxygen atoms in total. The predicted octanol–water partition coefficient (Wildman–Crippen LogP) is 2.64. The molecule has 0 spiro atoms. The molecule has 1 aliphatic rings. The quantitative estimate of drug-likeness (QED) is 0.728. The van der Waals surface area contributed by atoms with Gasteiger partial charge in [-0.15, -0.1) is 0 Å². The van der Waals surface area contributed by atoms with Crippen molar-refractivity contribution in [3.8, 4) is 0 Å². The summed E-state index contributed by atoms with van der Waals surface area (Å²) in [6, 6.07) is 2.27. The summed E-state index contributed by atoms with van der Waals surface area (Å²) in [6.07, 6.45) is 5.33. The molecular weight excluding hydrogens is 184 g/mol. The zero-order chi connectivity index (χ0) is 11.3. The second-order valence-corrected chi connectivity index (χ2v) is 5.04. The summed E-state index contributed by atoms with van der Waals surface area (Å²) in [5, 5.41) is 3.58. The van der Waals surface area contributed by atoms with E-state index >= 15 is 0 Å². The van der Waals surface area contributed by atoms with Crippen molar-refractivity contribution in [3.63, 3.8) is 0 Å². The Balaban J connectivity index is 2.34. The maximum atomic E-state index is 3.58. The number of likely N-dealkylation sites (tertiary alicyclic amines) is 1. The van der Waals surface area contributed by atoms with Crippen LogP contribution in [0.15, 0.2) is 0 Å². The van der Waals surface area contributed by atoms with Crippen LogP contribution in [-0.2, 0) is 0 Å². The Morgan fingerprint density at radius 3 is 2.67 bits per heavy atom. The Morgan fingerprint density at radius 1 is 1.33 bits per heavy atom. The molecule has 0 radical (unpaired) electrons. The molecule has 1 aliphatic heterocycles. The topological polar surface area (TPSA) is 15.3 Å². The predicted molar refractivity (Wildman–Crippen MR) is 67.2 cm³/mol. The van der Waals surface area contributed by atoms with Crippen LogP contribution in [0.2, 0.25) is 0 Å². The van der Waals surface area contributed by atoms with Gasteiger partial charge >= 0.3 is 0 Å². The van der Waals surface area contributed by atoms with Gasteiger partial charge in [-0.2, -0.15) is 0 Å². The van der Waals surface area contributed by atoms with E-state index in [1.54, 1.807) is 0 Å². The van der Waals surface area contributed by atoms with Crippen LogP contribution in [-0.4, -0.2) is 36.1 Å². The fourth-order valence-corrected chi connectivity index (χ4v) is 2.66. The fourth-order valence-electron chi connectivity index (χ4n) is 2.66. The van der Waals surface area contributed by atoms with Gasteiger partial charge in [-0.05, 0) is 46.1 Å². The van der Waals surface area contributed by atoms with Crippen molar-refractivity contribution < 1.29 is 0 Å². The first-order valence-electron chi connectivity index (χ1n) is 6.68. The first kappa shape index (κ1) is 13.0. The van der Waals surface area contributed by atoms with Crippen LogP contribution in [0.5, 0.6) is 0 Å². The minimum atomic E-state index is 0.638. The van der Waals surface area contributed by atoms with Gasteiger partial charge in [0.2, 0.25) is 0 Å². The minimum Gasteiger partial charge on any atom is -0.313 e. The molecule has 0 amide bonds. The van der Waals surface area contributed by atoms with Gasteiger partial charge in [-0.25, -0.2) is 0 Å².